The highest BCUT2D eigenvalue weighted by molar-refractivity contribution is 7.76. The molecule has 3 aliphatic carbocycles. The lowest BCUT2D eigenvalue weighted by atomic mass is 9.92. The molecule has 0 N–H and O–H groups in total. The van der Waals surface area contributed by atoms with E-state index in [1.165, 1.54) is 109 Å². The van der Waals surface area contributed by atoms with Gasteiger partial charge in [0.15, 0.2) is 0 Å². The number of hydrogen-bond donors (Lipinski definition) is 0. The van der Waals surface area contributed by atoms with E-state index < -0.39 is 6.89 Å². The number of ether oxygens (including phenoxy) is 1. The molecule has 3 saturated carbocycles. The van der Waals surface area contributed by atoms with Gasteiger partial charge in [-0.05, 0) is 103 Å². The average molecular weight is 505 g/mol. The summed E-state index contributed by atoms with van der Waals surface area (Å²) in [7, 11) is 0. The van der Waals surface area contributed by atoms with Crippen LogP contribution in [0.15, 0.2) is 11.4 Å². The van der Waals surface area contributed by atoms with Crippen molar-refractivity contribution < 1.29 is 4.74 Å². The van der Waals surface area contributed by atoms with Crippen molar-refractivity contribution in [2.24, 2.45) is 0 Å². The molecule has 202 valence electrons. The minimum Gasteiger partial charge on any atom is -0.356 e. The predicted molar refractivity (Wildman–Crippen MR) is 156 cm³/mol. The lowest BCUT2D eigenvalue weighted by Gasteiger charge is -2.53. The molecule has 1 saturated heterocycles. The van der Waals surface area contributed by atoms with Crippen LogP contribution >= 0.6 is 6.89 Å². The quantitative estimate of drug-likeness (QED) is 0.324. The Hall–Kier alpha value is -0.400. The Morgan fingerprint density at radius 3 is 1.74 bits per heavy atom. The lowest BCUT2D eigenvalue weighted by Crippen LogP contribution is -2.50. The highest BCUT2D eigenvalue weighted by atomic mass is 31.2. The van der Waals surface area contributed by atoms with Crippen molar-refractivity contribution in [2.75, 3.05) is 19.7 Å². The molecule has 0 radical (unpaired) electrons. The molecule has 0 spiro atoms. The van der Waals surface area contributed by atoms with Crippen LogP contribution in [0, 0.1) is 0 Å². The van der Waals surface area contributed by atoms with Gasteiger partial charge < -0.3 is 14.5 Å². The van der Waals surface area contributed by atoms with Crippen LogP contribution in [0.25, 0.3) is 0 Å². The van der Waals surface area contributed by atoms with Gasteiger partial charge in [-0.25, -0.2) is 0 Å². The molecule has 0 aromatic heterocycles. The van der Waals surface area contributed by atoms with E-state index in [-0.39, 0.29) is 0 Å². The molecule has 3 nitrogen and oxygen atoms in total. The molecule has 1 aliphatic heterocycles. The summed E-state index contributed by atoms with van der Waals surface area (Å²) in [5.41, 5.74) is 4.46. The summed E-state index contributed by atoms with van der Waals surface area (Å²) in [5, 5.41) is 0. The van der Waals surface area contributed by atoms with Crippen LogP contribution in [0.4, 0.5) is 0 Å². The largest absolute Gasteiger partial charge is 0.356 e. The fourth-order valence-electron chi connectivity index (χ4n) is 8.22. The molecule has 0 aromatic carbocycles. The summed E-state index contributed by atoms with van der Waals surface area (Å²) in [6, 6.07) is 1.16. The Morgan fingerprint density at radius 1 is 0.743 bits per heavy atom. The first-order valence-electron chi connectivity index (χ1n) is 15.6. The first-order chi connectivity index (χ1) is 17.0. The van der Waals surface area contributed by atoms with Gasteiger partial charge in [-0.2, -0.15) is 0 Å². The van der Waals surface area contributed by atoms with E-state index in [0.29, 0.717) is 12.1 Å². The van der Waals surface area contributed by atoms with Gasteiger partial charge in [0.25, 0.3) is 0 Å². The smallest absolute Gasteiger partial charge is 0.104 e. The molecule has 4 aliphatic rings. The maximum absolute atomic E-state index is 6.52. The second-order valence-electron chi connectivity index (χ2n) is 12.6. The Bertz CT molecular complexity index is 705. The molecule has 4 rings (SSSR count). The lowest BCUT2D eigenvalue weighted by molar-refractivity contribution is 0.105. The Kier molecular flexibility index (Phi) is 10.2. The summed E-state index contributed by atoms with van der Waals surface area (Å²) < 4.78 is 6.52. The van der Waals surface area contributed by atoms with Gasteiger partial charge in [-0.1, -0.05) is 51.8 Å². The normalized spacial score (nSPS) is 26.2. The van der Waals surface area contributed by atoms with Crippen LogP contribution in [0.3, 0.4) is 0 Å². The molecule has 1 unspecified atom stereocenters. The standard InChI is InChI=1S/C31H57N2OP/c1-6-34-24-35(27-16-9-7-10-17-27,28-18-11-8-12-19-28)30-21-14-13-20-29(30)31-32(25(2)3)22-15-23-33(31)26(4)5/h24-28,30H,6-23H2,1-5H3. The Labute approximate surface area is 218 Å². The molecule has 0 amide bonds. The molecule has 35 heavy (non-hydrogen) atoms. The van der Waals surface area contributed by atoms with Gasteiger partial charge in [-0.3, -0.25) is 0 Å². The first kappa shape index (κ1) is 27.6. The van der Waals surface area contributed by atoms with Crippen LogP contribution in [0.1, 0.15) is 131 Å². The van der Waals surface area contributed by atoms with Crippen molar-refractivity contribution in [2.45, 2.75) is 160 Å². The van der Waals surface area contributed by atoms with Crippen LogP contribution in [0.2, 0.25) is 0 Å². The van der Waals surface area contributed by atoms with E-state index in [9.17, 15) is 0 Å². The summed E-state index contributed by atoms with van der Waals surface area (Å²) >= 11 is 0. The van der Waals surface area contributed by atoms with Crippen molar-refractivity contribution in [1.82, 2.24) is 9.80 Å². The van der Waals surface area contributed by atoms with Gasteiger partial charge in [0.1, 0.15) is 5.82 Å². The summed E-state index contributed by atoms with van der Waals surface area (Å²) in [6.45, 7) is 13.8. The summed E-state index contributed by atoms with van der Waals surface area (Å²) in [5.74, 6) is 4.28. The van der Waals surface area contributed by atoms with E-state index >= 15 is 0 Å². The zero-order valence-corrected chi connectivity index (χ0v) is 24.8. The summed E-state index contributed by atoms with van der Waals surface area (Å²) in [6.07, 6.45) is 21.4. The molecule has 0 aromatic rings. The third kappa shape index (κ3) is 5.87. The monoisotopic (exact) mass is 504 g/mol. The van der Waals surface area contributed by atoms with Crippen molar-refractivity contribution in [1.29, 1.82) is 0 Å². The zero-order chi connectivity index (χ0) is 24.8. The number of allylic oxidation sites excluding steroid dienone is 1. The van der Waals surface area contributed by atoms with Crippen LogP contribution < -0.4 is 0 Å². The van der Waals surface area contributed by atoms with Crippen LogP contribution in [0.5, 0.6) is 0 Å². The second-order valence-corrected chi connectivity index (χ2v) is 16.7. The van der Waals surface area contributed by atoms with E-state index in [2.05, 4.69) is 50.4 Å². The van der Waals surface area contributed by atoms with Crippen molar-refractivity contribution in [3.63, 3.8) is 0 Å². The fraction of sp³-hybridized carbons (Fsp3) is 0.903. The minimum atomic E-state index is -1.43. The topological polar surface area (TPSA) is 15.7 Å². The maximum Gasteiger partial charge on any atom is 0.104 e. The molecule has 4 fully saturated rings. The van der Waals surface area contributed by atoms with Gasteiger partial charge >= 0.3 is 0 Å². The zero-order valence-electron chi connectivity index (χ0n) is 23.9. The number of hydrogen-bond acceptors (Lipinski definition) is 3. The van der Waals surface area contributed by atoms with Crippen LogP contribution in [-0.2, 0) is 4.74 Å². The molecule has 1 atom stereocenters. The van der Waals surface area contributed by atoms with Gasteiger partial charge in [0.05, 0.1) is 0 Å². The third-order valence-corrected chi connectivity index (χ3v) is 15.6. The highest BCUT2D eigenvalue weighted by Crippen LogP contribution is 2.70. The van der Waals surface area contributed by atoms with Crippen molar-refractivity contribution in [3.8, 4) is 0 Å². The Morgan fingerprint density at radius 2 is 1.26 bits per heavy atom. The molecular formula is C31H57N2OP. The minimum absolute atomic E-state index is 0.578. The predicted octanol–water partition coefficient (Wildman–Crippen LogP) is 8.44. The molecule has 4 heteroatoms. The first-order valence-corrected chi connectivity index (χ1v) is 17.7. The molecule has 0 bridgehead atoms. The maximum atomic E-state index is 6.52. The summed E-state index contributed by atoms with van der Waals surface area (Å²) in [4.78, 5) is 5.63. The number of rotatable bonds is 7. The Balaban J connectivity index is 1.91. The second kappa shape index (κ2) is 12.9. The third-order valence-electron chi connectivity index (χ3n) is 9.83. The average Bonchev–Trinajstić information content (AvgIpc) is 2.90. The number of nitrogens with zero attached hydrogens (tertiary/aromatic N) is 2. The van der Waals surface area contributed by atoms with Gasteiger partial charge in [0, 0.05) is 43.4 Å². The van der Waals surface area contributed by atoms with E-state index in [0.717, 1.165) is 23.6 Å². The van der Waals surface area contributed by atoms with Gasteiger partial charge in [-0.15, -0.1) is 0 Å². The van der Waals surface area contributed by atoms with Crippen LogP contribution in [-0.4, -0.2) is 64.5 Å². The van der Waals surface area contributed by atoms with E-state index in [1.807, 2.05) is 5.57 Å². The SMILES string of the molecule is CCOC=P(C1CCCCC1)(C1CCCCC1)C1CCCCC1=C1N(C(C)C)CCCN1C(C)C. The van der Waals surface area contributed by atoms with E-state index in [1.54, 1.807) is 5.82 Å². The molecule has 1 heterocycles. The highest BCUT2D eigenvalue weighted by Gasteiger charge is 2.46. The van der Waals surface area contributed by atoms with E-state index in [4.69, 9.17) is 4.74 Å². The fourth-order valence-corrected chi connectivity index (χ4v) is 14.7. The molecular weight excluding hydrogens is 447 g/mol. The van der Waals surface area contributed by atoms with Crippen molar-refractivity contribution in [3.05, 3.63) is 11.4 Å². The van der Waals surface area contributed by atoms with Crippen molar-refractivity contribution >= 4 is 12.9 Å². The van der Waals surface area contributed by atoms with Gasteiger partial charge in [0.2, 0.25) is 0 Å².